The van der Waals surface area contributed by atoms with E-state index in [-0.39, 0.29) is 0 Å². The SMILES string of the molecule is Bc1cnn2c(NCc3cccnc3)cc(NCC3CCCCC3)nc12. The fourth-order valence-electron chi connectivity index (χ4n) is 3.62. The molecule has 0 unspecified atom stereocenters. The molecule has 4 rings (SSSR count). The van der Waals surface area contributed by atoms with Crippen LogP contribution in [-0.2, 0) is 6.54 Å². The lowest BCUT2D eigenvalue weighted by Crippen LogP contribution is -2.18. The van der Waals surface area contributed by atoms with Crippen LogP contribution in [0.2, 0.25) is 0 Å². The highest BCUT2D eigenvalue weighted by Gasteiger charge is 2.14. The molecule has 0 saturated heterocycles. The van der Waals surface area contributed by atoms with Gasteiger partial charge in [0.1, 0.15) is 19.5 Å². The fraction of sp³-hybridized carbons (Fsp3) is 0.421. The van der Waals surface area contributed by atoms with Gasteiger partial charge in [-0.15, -0.1) is 0 Å². The molecule has 0 bridgehead atoms. The summed E-state index contributed by atoms with van der Waals surface area (Å²) in [7, 11) is 2.05. The molecule has 7 heteroatoms. The Bertz CT molecular complexity index is 857. The highest BCUT2D eigenvalue weighted by atomic mass is 15.3. The van der Waals surface area contributed by atoms with E-state index in [9.17, 15) is 0 Å². The number of nitrogens with one attached hydrogen (secondary N) is 2. The minimum Gasteiger partial charge on any atom is -0.370 e. The first-order chi connectivity index (χ1) is 12.8. The molecule has 1 fully saturated rings. The smallest absolute Gasteiger partial charge is 0.153 e. The van der Waals surface area contributed by atoms with E-state index in [0.717, 1.165) is 40.8 Å². The minimum atomic E-state index is 0.702. The molecule has 3 heterocycles. The van der Waals surface area contributed by atoms with Gasteiger partial charge in [-0.3, -0.25) is 4.98 Å². The molecule has 2 N–H and O–H groups in total. The Morgan fingerprint density at radius 2 is 2.04 bits per heavy atom. The summed E-state index contributed by atoms with van der Waals surface area (Å²) in [5.74, 6) is 2.62. The van der Waals surface area contributed by atoms with Gasteiger partial charge in [-0.2, -0.15) is 9.61 Å². The van der Waals surface area contributed by atoms with Gasteiger partial charge in [0.25, 0.3) is 0 Å². The van der Waals surface area contributed by atoms with Crippen molar-refractivity contribution in [1.82, 2.24) is 19.6 Å². The molecule has 1 aliphatic carbocycles. The molecule has 0 aromatic carbocycles. The van der Waals surface area contributed by atoms with Crippen molar-refractivity contribution in [1.29, 1.82) is 0 Å². The molecule has 3 aromatic heterocycles. The van der Waals surface area contributed by atoms with Crippen LogP contribution >= 0.6 is 0 Å². The molecule has 0 atom stereocenters. The van der Waals surface area contributed by atoms with E-state index in [2.05, 4.69) is 32.8 Å². The molecule has 3 aromatic rings. The second-order valence-electron chi connectivity index (χ2n) is 7.19. The Balaban J connectivity index is 1.52. The van der Waals surface area contributed by atoms with Crippen LogP contribution in [0.3, 0.4) is 0 Å². The Kier molecular flexibility index (Phi) is 5.04. The largest absolute Gasteiger partial charge is 0.370 e. The van der Waals surface area contributed by atoms with Gasteiger partial charge in [0.15, 0.2) is 5.65 Å². The molecule has 0 amide bonds. The van der Waals surface area contributed by atoms with Crippen molar-refractivity contribution in [3.63, 3.8) is 0 Å². The van der Waals surface area contributed by atoms with Gasteiger partial charge in [-0.1, -0.05) is 25.3 Å². The highest BCUT2D eigenvalue weighted by molar-refractivity contribution is 6.36. The normalized spacial score (nSPS) is 15.2. The molecule has 6 nitrogen and oxygen atoms in total. The summed E-state index contributed by atoms with van der Waals surface area (Å²) in [6.07, 6.45) is 12.3. The first-order valence-corrected chi connectivity index (χ1v) is 9.51. The van der Waals surface area contributed by atoms with Crippen molar-refractivity contribution >= 4 is 30.6 Å². The van der Waals surface area contributed by atoms with Gasteiger partial charge in [0.2, 0.25) is 0 Å². The fourth-order valence-corrected chi connectivity index (χ4v) is 3.62. The zero-order valence-corrected chi connectivity index (χ0v) is 15.3. The van der Waals surface area contributed by atoms with Crippen LogP contribution in [0.5, 0.6) is 0 Å². The molecule has 26 heavy (non-hydrogen) atoms. The third kappa shape index (κ3) is 3.82. The summed E-state index contributed by atoms with van der Waals surface area (Å²) in [4.78, 5) is 8.95. The Labute approximate surface area is 154 Å². The van der Waals surface area contributed by atoms with E-state index in [0.29, 0.717) is 6.54 Å². The summed E-state index contributed by atoms with van der Waals surface area (Å²) >= 11 is 0. The van der Waals surface area contributed by atoms with Crippen LogP contribution in [0.1, 0.15) is 37.7 Å². The maximum atomic E-state index is 4.77. The number of fused-ring (bicyclic) bond motifs is 1. The quantitative estimate of drug-likeness (QED) is 0.667. The summed E-state index contributed by atoms with van der Waals surface area (Å²) in [6, 6.07) is 6.07. The summed E-state index contributed by atoms with van der Waals surface area (Å²) in [5.41, 5.74) is 3.11. The average molecular weight is 348 g/mol. The zero-order valence-electron chi connectivity index (χ0n) is 15.3. The summed E-state index contributed by atoms with van der Waals surface area (Å²) in [5, 5.41) is 11.5. The number of rotatable bonds is 6. The molecular weight excluding hydrogens is 323 g/mol. The third-order valence-corrected chi connectivity index (χ3v) is 5.14. The third-order valence-electron chi connectivity index (χ3n) is 5.14. The molecular formula is C19H25BN6. The van der Waals surface area contributed by atoms with Gasteiger partial charge in [0, 0.05) is 37.7 Å². The van der Waals surface area contributed by atoms with E-state index >= 15 is 0 Å². The van der Waals surface area contributed by atoms with Gasteiger partial charge in [-0.05, 0) is 35.9 Å². The van der Waals surface area contributed by atoms with E-state index in [1.165, 1.54) is 32.1 Å². The number of hydrogen-bond donors (Lipinski definition) is 2. The van der Waals surface area contributed by atoms with Crippen molar-refractivity contribution in [2.24, 2.45) is 5.92 Å². The van der Waals surface area contributed by atoms with Gasteiger partial charge < -0.3 is 10.6 Å². The van der Waals surface area contributed by atoms with E-state index in [1.807, 2.05) is 30.8 Å². The second-order valence-corrected chi connectivity index (χ2v) is 7.19. The van der Waals surface area contributed by atoms with Crippen LogP contribution in [0, 0.1) is 5.92 Å². The number of hydrogen-bond acceptors (Lipinski definition) is 5. The average Bonchev–Trinajstić information content (AvgIpc) is 3.07. The van der Waals surface area contributed by atoms with Gasteiger partial charge in [0.05, 0.1) is 0 Å². The second kappa shape index (κ2) is 7.76. The predicted molar refractivity (Wildman–Crippen MR) is 108 cm³/mol. The van der Waals surface area contributed by atoms with Crippen molar-refractivity contribution in [3.8, 4) is 0 Å². The molecule has 1 saturated carbocycles. The molecule has 1 aliphatic rings. The minimum absolute atomic E-state index is 0.702. The number of pyridine rings is 1. The Morgan fingerprint density at radius 1 is 1.15 bits per heavy atom. The van der Waals surface area contributed by atoms with Crippen molar-refractivity contribution in [2.45, 2.75) is 38.6 Å². The van der Waals surface area contributed by atoms with Crippen LogP contribution in [0.25, 0.3) is 5.65 Å². The maximum Gasteiger partial charge on any atom is 0.153 e. The zero-order chi connectivity index (χ0) is 17.8. The Hall–Kier alpha value is -2.57. The maximum absolute atomic E-state index is 4.77. The van der Waals surface area contributed by atoms with Crippen LogP contribution in [0.4, 0.5) is 11.6 Å². The number of aromatic nitrogens is 4. The highest BCUT2D eigenvalue weighted by Crippen LogP contribution is 2.24. The standard InChI is InChI=1S/C19H25BN6/c20-16-13-24-26-18(23-12-15-7-4-8-21-10-15)9-17(25-19(16)26)22-11-14-5-2-1-3-6-14/h4,7-10,13-14,23H,1-3,5-6,11-12,20H2,(H,22,25). The first-order valence-electron chi connectivity index (χ1n) is 9.51. The summed E-state index contributed by atoms with van der Waals surface area (Å²) < 4.78 is 1.87. The number of nitrogens with zero attached hydrogens (tertiary/aromatic N) is 4. The monoisotopic (exact) mass is 348 g/mol. The van der Waals surface area contributed by atoms with Crippen LogP contribution in [0.15, 0.2) is 36.8 Å². The summed E-state index contributed by atoms with van der Waals surface area (Å²) in [6.45, 7) is 1.70. The van der Waals surface area contributed by atoms with Crippen molar-refractivity contribution < 1.29 is 0 Å². The lowest BCUT2D eigenvalue weighted by atomic mass is 9.89. The van der Waals surface area contributed by atoms with Crippen LogP contribution in [-0.4, -0.2) is 34.0 Å². The lowest BCUT2D eigenvalue weighted by molar-refractivity contribution is 0.373. The van der Waals surface area contributed by atoms with Crippen molar-refractivity contribution in [2.75, 3.05) is 17.2 Å². The molecule has 134 valence electrons. The van der Waals surface area contributed by atoms with E-state index < -0.39 is 0 Å². The van der Waals surface area contributed by atoms with Crippen molar-refractivity contribution in [3.05, 3.63) is 42.4 Å². The van der Waals surface area contributed by atoms with Gasteiger partial charge in [-0.25, -0.2) is 4.98 Å². The van der Waals surface area contributed by atoms with Gasteiger partial charge >= 0.3 is 0 Å². The molecule has 0 aliphatic heterocycles. The van der Waals surface area contributed by atoms with Crippen LogP contribution < -0.4 is 16.1 Å². The lowest BCUT2D eigenvalue weighted by Gasteiger charge is -2.22. The molecule has 0 spiro atoms. The number of anilines is 2. The van der Waals surface area contributed by atoms with E-state index in [4.69, 9.17) is 4.98 Å². The Morgan fingerprint density at radius 3 is 2.85 bits per heavy atom. The topological polar surface area (TPSA) is 67.1 Å². The first kappa shape index (κ1) is 16.9. The van der Waals surface area contributed by atoms with E-state index in [1.54, 1.807) is 6.20 Å². The predicted octanol–water partition coefficient (Wildman–Crippen LogP) is 1.99. The molecule has 0 radical (unpaired) electrons.